The molecule has 120 valence electrons. The molecule has 0 saturated carbocycles. The summed E-state index contributed by atoms with van der Waals surface area (Å²) in [5.74, 6) is 0.363. The van der Waals surface area contributed by atoms with Crippen LogP contribution in [0.4, 0.5) is 10.1 Å². The molecule has 0 aliphatic heterocycles. The van der Waals surface area contributed by atoms with Crippen LogP contribution in [-0.4, -0.2) is 38.6 Å². The second-order valence-electron chi connectivity index (χ2n) is 6.59. The van der Waals surface area contributed by atoms with E-state index in [0.29, 0.717) is 11.5 Å². The molecule has 0 aliphatic rings. The van der Waals surface area contributed by atoms with E-state index in [4.69, 9.17) is 5.73 Å². The van der Waals surface area contributed by atoms with Gasteiger partial charge in [0, 0.05) is 31.4 Å². The number of hydrogen-bond donors (Lipinski definition) is 1. The van der Waals surface area contributed by atoms with Crippen molar-refractivity contribution in [3.8, 4) is 0 Å². The Morgan fingerprint density at radius 2 is 1.76 bits per heavy atom. The lowest BCUT2D eigenvalue weighted by molar-refractivity contribution is 0.408. The van der Waals surface area contributed by atoms with Crippen molar-refractivity contribution in [2.45, 2.75) is 33.7 Å². The summed E-state index contributed by atoms with van der Waals surface area (Å²) in [6, 6.07) is 3.36. The number of benzene rings is 1. The fourth-order valence-electron chi connectivity index (χ4n) is 2.39. The van der Waals surface area contributed by atoms with Gasteiger partial charge in [0.25, 0.3) is 0 Å². The maximum Gasteiger partial charge on any atom is 0.126 e. The number of aryl methyl sites for hydroxylation is 1. The van der Waals surface area contributed by atoms with E-state index in [1.807, 2.05) is 19.9 Å². The van der Waals surface area contributed by atoms with E-state index < -0.39 is 0 Å². The van der Waals surface area contributed by atoms with Crippen molar-refractivity contribution in [2.24, 2.45) is 11.7 Å². The summed E-state index contributed by atoms with van der Waals surface area (Å²) in [5.41, 5.74) is 8.68. The van der Waals surface area contributed by atoms with Gasteiger partial charge in [-0.25, -0.2) is 4.39 Å². The average Bonchev–Trinajstić information content (AvgIpc) is 2.36. The lowest BCUT2D eigenvalue weighted by Gasteiger charge is -2.31. The zero-order chi connectivity index (χ0) is 16.2. The van der Waals surface area contributed by atoms with Gasteiger partial charge in [0.2, 0.25) is 0 Å². The molecular formula is C17H30FN3. The first-order chi connectivity index (χ1) is 9.72. The first kappa shape index (κ1) is 17.9. The van der Waals surface area contributed by atoms with Crippen LogP contribution in [0.2, 0.25) is 0 Å². The summed E-state index contributed by atoms with van der Waals surface area (Å²) in [5, 5.41) is 0. The molecule has 0 saturated heterocycles. The molecule has 1 aromatic rings. The lowest BCUT2D eigenvalue weighted by atomic mass is 10.0. The SMILES string of the molecule is Cc1cc(N(CCN(C)C)CC(C)C)c([C@@H](C)N)cc1F. The number of rotatable bonds is 7. The van der Waals surface area contributed by atoms with E-state index >= 15 is 0 Å². The Balaban J connectivity index is 3.17. The normalized spacial score (nSPS) is 13.0. The van der Waals surface area contributed by atoms with Crippen molar-refractivity contribution < 1.29 is 4.39 Å². The molecule has 0 bridgehead atoms. The summed E-state index contributed by atoms with van der Waals surface area (Å²) in [6.45, 7) is 10.9. The van der Waals surface area contributed by atoms with E-state index in [1.54, 1.807) is 6.07 Å². The summed E-state index contributed by atoms with van der Waals surface area (Å²) in [4.78, 5) is 4.49. The number of halogens is 1. The standard InChI is InChI=1S/C17H30FN3/c1-12(2)11-21(8-7-20(5)6)17-9-13(3)16(18)10-15(17)14(4)19/h9-10,12,14H,7-8,11,19H2,1-6H3/t14-/m1/s1. The highest BCUT2D eigenvalue weighted by atomic mass is 19.1. The molecule has 4 heteroatoms. The number of nitrogens with zero attached hydrogens (tertiary/aromatic N) is 2. The molecule has 0 fully saturated rings. The van der Waals surface area contributed by atoms with Gasteiger partial charge in [-0.05, 0) is 57.1 Å². The van der Waals surface area contributed by atoms with Crippen molar-refractivity contribution in [1.29, 1.82) is 0 Å². The second kappa shape index (κ2) is 7.76. The Hall–Kier alpha value is -1.13. The molecule has 0 radical (unpaired) electrons. The fraction of sp³-hybridized carbons (Fsp3) is 0.647. The Bertz CT molecular complexity index is 456. The molecule has 3 nitrogen and oxygen atoms in total. The van der Waals surface area contributed by atoms with E-state index in [1.165, 1.54) is 0 Å². The van der Waals surface area contributed by atoms with Crippen LogP contribution in [0, 0.1) is 18.7 Å². The van der Waals surface area contributed by atoms with Crippen LogP contribution in [0.15, 0.2) is 12.1 Å². The number of likely N-dealkylation sites (N-methyl/N-ethyl adjacent to an activating group) is 1. The van der Waals surface area contributed by atoms with Gasteiger partial charge in [0.05, 0.1) is 0 Å². The maximum absolute atomic E-state index is 13.9. The molecule has 1 aromatic carbocycles. The Labute approximate surface area is 128 Å². The molecule has 0 spiro atoms. The van der Waals surface area contributed by atoms with Gasteiger partial charge < -0.3 is 15.5 Å². The van der Waals surface area contributed by atoms with Gasteiger partial charge >= 0.3 is 0 Å². The molecule has 2 N–H and O–H groups in total. The minimum absolute atomic E-state index is 0.177. The van der Waals surface area contributed by atoms with Gasteiger partial charge in [-0.1, -0.05) is 13.8 Å². The van der Waals surface area contributed by atoms with Crippen molar-refractivity contribution in [2.75, 3.05) is 38.6 Å². The monoisotopic (exact) mass is 295 g/mol. The van der Waals surface area contributed by atoms with Gasteiger partial charge in [0.1, 0.15) is 5.82 Å². The molecule has 0 aromatic heterocycles. The van der Waals surface area contributed by atoms with Crippen LogP contribution < -0.4 is 10.6 Å². The topological polar surface area (TPSA) is 32.5 Å². The lowest BCUT2D eigenvalue weighted by Crippen LogP contribution is -2.35. The van der Waals surface area contributed by atoms with Crippen LogP contribution in [0.5, 0.6) is 0 Å². The van der Waals surface area contributed by atoms with Crippen molar-refractivity contribution >= 4 is 5.69 Å². The molecule has 0 heterocycles. The minimum atomic E-state index is -0.178. The van der Waals surface area contributed by atoms with Crippen molar-refractivity contribution in [3.63, 3.8) is 0 Å². The highest BCUT2D eigenvalue weighted by Gasteiger charge is 2.17. The van der Waals surface area contributed by atoms with Crippen LogP contribution in [0.1, 0.15) is 37.9 Å². The predicted molar refractivity (Wildman–Crippen MR) is 89.3 cm³/mol. The smallest absolute Gasteiger partial charge is 0.126 e. The molecular weight excluding hydrogens is 265 g/mol. The van der Waals surface area contributed by atoms with Gasteiger partial charge in [-0.15, -0.1) is 0 Å². The molecule has 0 amide bonds. The van der Waals surface area contributed by atoms with Crippen LogP contribution >= 0.6 is 0 Å². The van der Waals surface area contributed by atoms with Crippen molar-refractivity contribution in [1.82, 2.24) is 4.90 Å². The Morgan fingerprint density at radius 3 is 2.24 bits per heavy atom. The number of anilines is 1. The summed E-state index contributed by atoms with van der Waals surface area (Å²) < 4.78 is 13.9. The molecule has 0 unspecified atom stereocenters. The van der Waals surface area contributed by atoms with Crippen molar-refractivity contribution in [3.05, 3.63) is 29.1 Å². The molecule has 0 aliphatic carbocycles. The third-order valence-corrected chi connectivity index (χ3v) is 3.54. The highest BCUT2D eigenvalue weighted by Crippen LogP contribution is 2.29. The zero-order valence-electron chi connectivity index (χ0n) is 14.3. The molecule has 21 heavy (non-hydrogen) atoms. The van der Waals surface area contributed by atoms with Gasteiger partial charge in [-0.2, -0.15) is 0 Å². The van der Waals surface area contributed by atoms with Crippen LogP contribution in [0.3, 0.4) is 0 Å². The van der Waals surface area contributed by atoms with E-state index in [-0.39, 0.29) is 11.9 Å². The van der Waals surface area contributed by atoms with E-state index in [9.17, 15) is 4.39 Å². The largest absolute Gasteiger partial charge is 0.370 e. The summed E-state index contributed by atoms with van der Waals surface area (Å²) in [6.07, 6.45) is 0. The molecule has 1 rings (SSSR count). The first-order valence-corrected chi connectivity index (χ1v) is 7.67. The Kier molecular flexibility index (Phi) is 6.62. The second-order valence-corrected chi connectivity index (χ2v) is 6.59. The fourth-order valence-corrected chi connectivity index (χ4v) is 2.39. The number of hydrogen-bond acceptors (Lipinski definition) is 3. The quantitative estimate of drug-likeness (QED) is 0.838. The third kappa shape index (κ3) is 5.29. The summed E-state index contributed by atoms with van der Waals surface area (Å²) >= 11 is 0. The van der Waals surface area contributed by atoms with E-state index in [2.05, 4.69) is 37.7 Å². The van der Waals surface area contributed by atoms with E-state index in [0.717, 1.165) is 30.9 Å². The molecule has 1 atom stereocenters. The Morgan fingerprint density at radius 1 is 1.14 bits per heavy atom. The first-order valence-electron chi connectivity index (χ1n) is 7.67. The summed E-state index contributed by atoms with van der Waals surface area (Å²) in [7, 11) is 4.13. The van der Waals surface area contributed by atoms with Gasteiger partial charge in [0.15, 0.2) is 0 Å². The zero-order valence-corrected chi connectivity index (χ0v) is 14.3. The number of nitrogens with two attached hydrogens (primary N) is 1. The predicted octanol–water partition coefficient (Wildman–Crippen LogP) is 3.18. The third-order valence-electron chi connectivity index (χ3n) is 3.54. The van der Waals surface area contributed by atoms with Crippen LogP contribution in [-0.2, 0) is 0 Å². The van der Waals surface area contributed by atoms with Gasteiger partial charge in [-0.3, -0.25) is 0 Å². The van der Waals surface area contributed by atoms with Crippen LogP contribution in [0.25, 0.3) is 0 Å². The minimum Gasteiger partial charge on any atom is -0.370 e. The highest BCUT2D eigenvalue weighted by molar-refractivity contribution is 5.57. The average molecular weight is 295 g/mol. The maximum atomic E-state index is 13.9.